The van der Waals surface area contributed by atoms with Gasteiger partial charge in [-0.25, -0.2) is 13.1 Å². The normalized spacial score (nSPS) is 12.9. The van der Waals surface area contributed by atoms with E-state index < -0.39 is 10.0 Å². The maximum Gasteiger partial charge on any atom is 0.211 e. The van der Waals surface area contributed by atoms with Crippen molar-refractivity contribution in [1.29, 1.82) is 0 Å². The second-order valence-corrected chi connectivity index (χ2v) is 5.18. The van der Waals surface area contributed by atoms with Gasteiger partial charge in [0.1, 0.15) is 5.84 Å². The quantitative estimate of drug-likeness (QED) is 0.168. The number of nitrogens with two attached hydrogens (primary N) is 1. The Hall–Kier alpha value is -0.860. The standard InChI is InChI=1S/C8H19N3O4S/c1-15-6-3-7-16(13,14)10-5-2-4-8(9)11-12/h10,12H,2-7H2,1H3,(H2,9,11). The number of nitrogens with one attached hydrogen (secondary N) is 1. The molecule has 96 valence electrons. The van der Waals surface area contributed by atoms with Crippen LogP contribution in [-0.2, 0) is 14.8 Å². The average Bonchev–Trinajstić information content (AvgIpc) is 2.24. The summed E-state index contributed by atoms with van der Waals surface area (Å²) < 4.78 is 29.9. The van der Waals surface area contributed by atoms with Crippen molar-refractivity contribution in [2.75, 3.05) is 26.0 Å². The Balaban J connectivity index is 3.66. The summed E-state index contributed by atoms with van der Waals surface area (Å²) >= 11 is 0. The van der Waals surface area contributed by atoms with E-state index in [0.717, 1.165) is 0 Å². The van der Waals surface area contributed by atoms with Crippen molar-refractivity contribution in [3.63, 3.8) is 0 Å². The van der Waals surface area contributed by atoms with Crippen LogP contribution in [0.15, 0.2) is 5.16 Å². The Bertz CT molecular complexity index is 302. The lowest BCUT2D eigenvalue weighted by Crippen LogP contribution is -2.28. The fraction of sp³-hybridized carbons (Fsp3) is 0.875. The zero-order valence-electron chi connectivity index (χ0n) is 9.35. The van der Waals surface area contributed by atoms with Crippen LogP contribution >= 0.6 is 0 Å². The molecule has 0 unspecified atom stereocenters. The van der Waals surface area contributed by atoms with Crippen molar-refractivity contribution in [2.45, 2.75) is 19.3 Å². The van der Waals surface area contributed by atoms with Crippen LogP contribution in [0.4, 0.5) is 0 Å². The van der Waals surface area contributed by atoms with Crippen LogP contribution in [0.1, 0.15) is 19.3 Å². The van der Waals surface area contributed by atoms with E-state index >= 15 is 0 Å². The number of ether oxygens (including phenoxy) is 1. The van der Waals surface area contributed by atoms with Crippen LogP contribution < -0.4 is 10.5 Å². The molecule has 4 N–H and O–H groups in total. The van der Waals surface area contributed by atoms with Gasteiger partial charge in [-0.05, 0) is 12.8 Å². The Morgan fingerprint density at radius 3 is 2.75 bits per heavy atom. The second-order valence-electron chi connectivity index (χ2n) is 3.25. The summed E-state index contributed by atoms with van der Waals surface area (Å²) in [6.45, 7) is 0.705. The number of sulfonamides is 1. The topological polar surface area (TPSA) is 114 Å². The summed E-state index contributed by atoms with van der Waals surface area (Å²) in [6.07, 6.45) is 1.32. The van der Waals surface area contributed by atoms with Crippen LogP contribution in [0, 0.1) is 0 Å². The first-order valence-electron chi connectivity index (χ1n) is 4.94. The second kappa shape index (κ2) is 8.31. The number of nitrogens with zero attached hydrogens (tertiary/aromatic N) is 1. The Labute approximate surface area is 95.7 Å². The predicted octanol–water partition coefficient (Wildman–Crippen LogP) is -0.531. The molecule has 0 aliphatic rings. The summed E-state index contributed by atoms with van der Waals surface area (Å²) in [5.41, 5.74) is 5.23. The van der Waals surface area contributed by atoms with Gasteiger partial charge in [-0.2, -0.15) is 0 Å². The molecule has 0 spiro atoms. The lowest BCUT2D eigenvalue weighted by Gasteiger charge is -2.05. The van der Waals surface area contributed by atoms with Crippen molar-refractivity contribution in [2.24, 2.45) is 10.9 Å². The van der Waals surface area contributed by atoms with E-state index in [0.29, 0.717) is 25.9 Å². The highest BCUT2D eigenvalue weighted by Gasteiger charge is 2.08. The number of rotatable bonds is 9. The Morgan fingerprint density at radius 2 is 2.19 bits per heavy atom. The highest BCUT2D eigenvalue weighted by molar-refractivity contribution is 7.89. The van der Waals surface area contributed by atoms with E-state index in [2.05, 4.69) is 9.88 Å². The molecule has 0 aromatic heterocycles. The van der Waals surface area contributed by atoms with Gasteiger partial charge in [-0.3, -0.25) is 0 Å². The minimum Gasteiger partial charge on any atom is -0.409 e. The van der Waals surface area contributed by atoms with Gasteiger partial charge >= 0.3 is 0 Å². The molecular formula is C8H19N3O4S. The lowest BCUT2D eigenvalue weighted by molar-refractivity contribution is 0.199. The SMILES string of the molecule is COCCCS(=O)(=O)NCCCC(N)=NO. The molecule has 0 aromatic carbocycles. The smallest absolute Gasteiger partial charge is 0.211 e. The summed E-state index contributed by atoms with van der Waals surface area (Å²) in [5, 5.41) is 11.0. The van der Waals surface area contributed by atoms with E-state index in [1.165, 1.54) is 7.11 Å². The van der Waals surface area contributed by atoms with Crippen LogP contribution in [0.5, 0.6) is 0 Å². The molecule has 8 heteroatoms. The fourth-order valence-corrected chi connectivity index (χ4v) is 2.11. The summed E-state index contributed by atoms with van der Waals surface area (Å²) in [6, 6.07) is 0. The summed E-state index contributed by atoms with van der Waals surface area (Å²) in [4.78, 5) is 0. The molecule has 0 heterocycles. The molecule has 0 fully saturated rings. The average molecular weight is 253 g/mol. The maximum atomic E-state index is 11.3. The van der Waals surface area contributed by atoms with E-state index in [4.69, 9.17) is 15.7 Å². The van der Waals surface area contributed by atoms with Crippen molar-refractivity contribution in [3.8, 4) is 0 Å². The molecule has 0 amide bonds. The molecule has 0 aliphatic carbocycles. The first-order chi connectivity index (χ1) is 7.52. The van der Waals surface area contributed by atoms with Crippen molar-refractivity contribution in [1.82, 2.24) is 4.72 Å². The van der Waals surface area contributed by atoms with Crippen LogP contribution in [-0.4, -0.2) is 45.5 Å². The zero-order chi connectivity index (χ0) is 12.4. The third-order valence-corrected chi connectivity index (χ3v) is 3.29. The molecule has 7 nitrogen and oxygen atoms in total. The molecule has 16 heavy (non-hydrogen) atoms. The molecule has 0 saturated heterocycles. The maximum absolute atomic E-state index is 11.3. The van der Waals surface area contributed by atoms with E-state index in [-0.39, 0.29) is 18.1 Å². The van der Waals surface area contributed by atoms with Crippen molar-refractivity contribution < 1.29 is 18.4 Å². The van der Waals surface area contributed by atoms with Gasteiger partial charge in [-0.1, -0.05) is 5.16 Å². The molecule has 0 atom stereocenters. The lowest BCUT2D eigenvalue weighted by atomic mass is 10.3. The third kappa shape index (κ3) is 8.45. The first kappa shape index (κ1) is 15.1. The van der Waals surface area contributed by atoms with Gasteiger partial charge in [0.2, 0.25) is 10.0 Å². The molecular weight excluding hydrogens is 234 g/mol. The van der Waals surface area contributed by atoms with Crippen LogP contribution in [0.3, 0.4) is 0 Å². The largest absolute Gasteiger partial charge is 0.409 e. The monoisotopic (exact) mass is 253 g/mol. The number of oxime groups is 1. The molecule has 0 radical (unpaired) electrons. The van der Waals surface area contributed by atoms with Gasteiger partial charge in [0, 0.05) is 26.7 Å². The van der Waals surface area contributed by atoms with Crippen molar-refractivity contribution >= 4 is 15.9 Å². The molecule has 0 bridgehead atoms. The van der Waals surface area contributed by atoms with Gasteiger partial charge < -0.3 is 15.7 Å². The summed E-state index contributed by atoms with van der Waals surface area (Å²) in [5.74, 6) is 0.142. The molecule has 0 aromatic rings. The zero-order valence-corrected chi connectivity index (χ0v) is 10.2. The number of methoxy groups -OCH3 is 1. The van der Waals surface area contributed by atoms with E-state index in [1.807, 2.05) is 0 Å². The van der Waals surface area contributed by atoms with Crippen LogP contribution in [0.2, 0.25) is 0 Å². The highest BCUT2D eigenvalue weighted by atomic mass is 32.2. The first-order valence-corrected chi connectivity index (χ1v) is 6.59. The minimum absolute atomic E-state index is 0.0460. The highest BCUT2D eigenvalue weighted by Crippen LogP contribution is 1.93. The molecule has 0 aliphatic heterocycles. The molecule has 0 rings (SSSR count). The van der Waals surface area contributed by atoms with Gasteiger partial charge in [-0.15, -0.1) is 0 Å². The van der Waals surface area contributed by atoms with E-state index in [1.54, 1.807) is 0 Å². The Kier molecular flexibility index (Phi) is 7.86. The number of amidine groups is 1. The predicted molar refractivity (Wildman–Crippen MR) is 60.9 cm³/mol. The summed E-state index contributed by atoms with van der Waals surface area (Å²) in [7, 11) is -1.71. The minimum atomic E-state index is -3.23. The van der Waals surface area contributed by atoms with Gasteiger partial charge in [0.05, 0.1) is 5.75 Å². The number of hydrogen-bond donors (Lipinski definition) is 3. The van der Waals surface area contributed by atoms with Crippen LogP contribution in [0.25, 0.3) is 0 Å². The van der Waals surface area contributed by atoms with Gasteiger partial charge in [0.15, 0.2) is 0 Å². The third-order valence-electron chi connectivity index (χ3n) is 1.82. The fourth-order valence-electron chi connectivity index (χ4n) is 1.01. The Morgan fingerprint density at radius 1 is 1.50 bits per heavy atom. The number of hydrogen-bond acceptors (Lipinski definition) is 5. The van der Waals surface area contributed by atoms with E-state index in [9.17, 15) is 8.42 Å². The molecule has 0 saturated carbocycles. The van der Waals surface area contributed by atoms with Gasteiger partial charge in [0.25, 0.3) is 0 Å². The van der Waals surface area contributed by atoms with Crippen molar-refractivity contribution in [3.05, 3.63) is 0 Å².